The first-order valence-corrected chi connectivity index (χ1v) is 6.22. The molecule has 4 heteroatoms. The minimum atomic E-state index is -0.175. The highest BCUT2D eigenvalue weighted by Gasteiger charge is 2.39. The predicted octanol–water partition coefficient (Wildman–Crippen LogP) is 2.89. The summed E-state index contributed by atoms with van der Waals surface area (Å²) in [7, 11) is 3.62. The molecule has 0 radical (unpaired) electrons. The highest BCUT2D eigenvalue weighted by atomic mass is 16.5. The van der Waals surface area contributed by atoms with Crippen molar-refractivity contribution in [1.29, 1.82) is 0 Å². The molecule has 2 rings (SSSR count). The van der Waals surface area contributed by atoms with Gasteiger partial charge in [-0.2, -0.15) is 0 Å². The van der Waals surface area contributed by atoms with Crippen LogP contribution in [0.5, 0.6) is 5.75 Å². The Bertz CT molecular complexity index is 562. The van der Waals surface area contributed by atoms with Gasteiger partial charge in [-0.3, -0.25) is 4.79 Å². The van der Waals surface area contributed by atoms with Crippen LogP contribution in [0.1, 0.15) is 26.3 Å². The number of fused-ring (bicyclic) bond motifs is 1. The minimum Gasteiger partial charge on any atom is -0.494 e. The van der Waals surface area contributed by atoms with Gasteiger partial charge in [0.05, 0.1) is 12.8 Å². The number of amides is 1. The Morgan fingerprint density at radius 2 is 2.05 bits per heavy atom. The summed E-state index contributed by atoms with van der Waals surface area (Å²) in [5.41, 5.74) is 3.72. The first-order chi connectivity index (χ1) is 8.78. The Kier molecular flexibility index (Phi) is 3.04. The lowest BCUT2D eigenvalue weighted by atomic mass is 9.84. The van der Waals surface area contributed by atoms with Crippen LogP contribution in [-0.4, -0.2) is 20.1 Å². The van der Waals surface area contributed by atoms with E-state index in [1.807, 2.05) is 24.1 Å². The molecule has 0 spiro atoms. The summed E-state index contributed by atoms with van der Waals surface area (Å²) in [5.74, 6) is 0.653. The van der Waals surface area contributed by atoms with Crippen molar-refractivity contribution in [3.63, 3.8) is 0 Å². The molecule has 0 fully saturated rings. The summed E-state index contributed by atoms with van der Waals surface area (Å²) >= 11 is 0. The fourth-order valence-corrected chi connectivity index (χ4v) is 2.57. The van der Waals surface area contributed by atoms with Crippen LogP contribution in [0, 0.1) is 0 Å². The van der Waals surface area contributed by atoms with Crippen LogP contribution in [0.3, 0.4) is 0 Å². The molecule has 1 aromatic rings. The van der Waals surface area contributed by atoms with Crippen LogP contribution in [0.4, 0.5) is 11.4 Å². The number of benzene rings is 1. The summed E-state index contributed by atoms with van der Waals surface area (Å²) in [6.07, 6.45) is 0. The van der Waals surface area contributed by atoms with Crippen molar-refractivity contribution in [2.75, 3.05) is 24.4 Å². The molecule has 1 aromatic carbocycles. The molecule has 19 heavy (non-hydrogen) atoms. The second kappa shape index (κ2) is 4.30. The average molecular weight is 260 g/mol. The molecular formula is C15H20N2O2. The van der Waals surface area contributed by atoms with E-state index < -0.39 is 0 Å². The summed E-state index contributed by atoms with van der Waals surface area (Å²) < 4.78 is 5.46. The minimum absolute atomic E-state index is 0.0926. The predicted molar refractivity (Wildman–Crippen MR) is 77.9 cm³/mol. The van der Waals surface area contributed by atoms with Gasteiger partial charge in [0.1, 0.15) is 5.75 Å². The van der Waals surface area contributed by atoms with Crippen LogP contribution in [0.15, 0.2) is 24.4 Å². The molecule has 0 saturated heterocycles. The molecular weight excluding hydrogens is 240 g/mol. The first-order valence-electron chi connectivity index (χ1n) is 6.22. The van der Waals surface area contributed by atoms with Gasteiger partial charge >= 0.3 is 0 Å². The molecule has 4 nitrogen and oxygen atoms in total. The van der Waals surface area contributed by atoms with Crippen molar-refractivity contribution >= 4 is 17.3 Å². The third-order valence-electron chi connectivity index (χ3n) is 3.75. The molecule has 1 heterocycles. The number of anilines is 2. The van der Waals surface area contributed by atoms with E-state index in [1.54, 1.807) is 7.11 Å². The van der Waals surface area contributed by atoms with Crippen LogP contribution in [-0.2, 0) is 10.2 Å². The van der Waals surface area contributed by atoms with E-state index in [0.717, 1.165) is 28.4 Å². The molecule has 0 unspecified atom stereocenters. The highest BCUT2D eigenvalue weighted by Crippen LogP contribution is 2.51. The quantitative estimate of drug-likeness (QED) is 0.889. The Morgan fingerprint density at radius 3 is 2.58 bits per heavy atom. The first kappa shape index (κ1) is 13.5. The van der Waals surface area contributed by atoms with Crippen LogP contribution in [0.25, 0.3) is 0 Å². The number of methoxy groups -OCH3 is 1. The van der Waals surface area contributed by atoms with Gasteiger partial charge < -0.3 is 15.0 Å². The lowest BCUT2D eigenvalue weighted by molar-refractivity contribution is -0.114. The van der Waals surface area contributed by atoms with E-state index >= 15 is 0 Å². The number of nitrogens with zero attached hydrogens (tertiary/aromatic N) is 1. The third kappa shape index (κ3) is 1.97. The van der Waals surface area contributed by atoms with Crippen molar-refractivity contribution in [3.8, 4) is 5.75 Å². The summed E-state index contributed by atoms with van der Waals surface area (Å²) in [4.78, 5) is 13.3. The van der Waals surface area contributed by atoms with E-state index in [0.29, 0.717) is 0 Å². The van der Waals surface area contributed by atoms with Crippen molar-refractivity contribution in [2.24, 2.45) is 0 Å². The van der Waals surface area contributed by atoms with Crippen LogP contribution in [0.2, 0.25) is 0 Å². The number of likely N-dealkylation sites (N-methyl/N-ethyl adjacent to an activating group) is 1. The van der Waals surface area contributed by atoms with Gasteiger partial charge in [-0.15, -0.1) is 0 Å². The van der Waals surface area contributed by atoms with Gasteiger partial charge in [0.25, 0.3) is 0 Å². The van der Waals surface area contributed by atoms with Crippen LogP contribution >= 0.6 is 0 Å². The van der Waals surface area contributed by atoms with Gasteiger partial charge in [-0.25, -0.2) is 0 Å². The van der Waals surface area contributed by atoms with E-state index in [1.165, 1.54) is 6.92 Å². The van der Waals surface area contributed by atoms with Gasteiger partial charge in [0.2, 0.25) is 5.91 Å². The molecule has 0 aliphatic carbocycles. The van der Waals surface area contributed by atoms with Gasteiger partial charge in [-0.05, 0) is 11.6 Å². The number of nitrogens with one attached hydrogen (secondary N) is 1. The molecule has 0 aromatic heterocycles. The Morgan fingerprint density at radius 1 is 1.42 bits per heavy atom. The topological polar surface area (TPSA) is 41.6 Å². The number of carbonyl (C=O) groups excluding carboxylic acids is 1. The molecule has 0 atom stereocenters. The highest BCUT2D eigenvalue weighted by molar-refractivity contribution is 5.91. The fourth-order valence-electron chi connectivity index (χ4n) is 2.57. The fraction of sp³-hybridized carbons (Fsp3) is 0.400. The van der Waals surface area contributed by atoms with E-state index in [4.69, 9.17) is 4.74 Å². The van der Waals surface area contributed by atoms with Gasteiger partial charge in [0, 0.05) is 36.8 Å². The van der Waals surface area contributed by atoms with E-state index in [-0.39, 0.29) is 11.3 Å². The molecule has 0 bridgehead atoms. The smallest absolute Gasteiger partial charge is 0.221 e. The van der Waals surface area contributed by atoms with Crippen molar-refractivity contribution in [1.82, 2.24) is 0 Å². The molecule has 0 saturated carbocycles. The number of ether oxygens (including phenoxy) is 1. The Balaban J connectivity index is 2.65. The summed E-state index contributed by atoms with van der Waals surface area (Å²) in [6, 6.07) is 3.83. The SMILES string of the molecule is C=C1N(C)c2c(OC)cc(NC(C)=O)cc2C1(C)C. The second-order valence-electron chi connectivity index (χ2n) is 5.39. The maximum absolute atomic E-state index is 11.2. The zero-order valence-electron chi connectivity index (χ0n) is 12.1. The average Bonchev–Trinajstić information content (AvgIpc) is 2.50. The largest absolute Gasteiger partial charge is 0.494 e. The molecule has 1 amide bonds. The van der Waals surface area contributed by atoms with Gasteiger partial charge in [0.15, 0.2) is 0 Å². The normalized spacial score (nSPS) is 16.3. The van der Waals surface area contributed by atoms with Crippen LogP contribution < -0.4 is 15.0 Å². The standard InChI is InChI=1S/C15H20N2O2/c1-9-15(3,4)12-7-11(16-10(2)18)8-13(19-6)14(12)17(9)5/h7-8H,1H2,2-6H3,(H,16,18). The van der Waals surface area contributed by atoms with Gasteiger partial charge in [-0.1, -0.05) is 20.4 Å². The monoisotopic (exact) mass is 260 g/mol. The molecule has 1 N–H and O–H groups in total. The third-order valence-corrected chi connectivity index (χ3v) is 3.75. The number of hydrogen-bond acceptors (Lipinski definition) is 3. The van der Waals surface area contributed by atoms with E-state index in [2.05, 4.69) is 25.7 Å². The number of rotatable bonds is 2. The van der Waals surface area contributed by atoms with Crippen molar-refractivity contribution < 1.29 is 9.53 Å². The Labute approximate surface area is 114 Å². The lowest BCUT2D eigenvalue weighted by Gasteiger charge is -2.22. The maximum atomic E-state index is 11.2. The second-order valence-corrected chi connectivity index (χ2v) is 5.39. The molecule has 102 valence electrons. The molecule has 1 aliphatic heterocycles. The number of allylic oxidation sites excluding steroid dienone is 1. The molecule has 1 aliphatic rings. The van der Waals surface area contributed by atoms with Crippen molar-refractivity contribution in [3.05, 3.63) is 30.0 Å². The maximum Gasteiger partial charge on any atom is 0.221 e. The lowest BCUT2D eigenvalue weighted by Crippen LogP contribution is -2.21. The Hall–Kier alpha value is -1.97. The number of hydrogen-bond donors (Lipinski definition) is 1. The summed E-state index contributed by atoms with van der Waals surface area (Å²) in [6.45, 7) is 9.89. The number of carbonyl (C=O) groups is 1. The zero-order valence-corrected chi connectivity index (χ0v) is 12.1. The van der Waals surface area contributed by atoms with E-state index in [9.17, 15) is 4.79 Å². The zero-order chi connectivity index (χ0) is 14.4. The van der Waals surface area contributed by atoms with Crippen molar-refractivity contribution in [2.45, 2.75) is 26.2 Å². The summed E-state index contributed by atoms with van der Waals surface area (Å²) in [5, 5.41) is 2.81.